The highest BCUT2D eigenvalue weighted by atomic mass is 79.9. The molecule has 8 heteroatoms. The van der Waals surface area contributed by atoms with Gasteiger partial charge < -0.3 is 10.6 Å². The molecule has 1 aromatic carbocycles. The second-order valence-corrected chi connectivity index (χ2v) is 4.36. The van der Waals surface area contributed by atoms with Crippen LogP contribution in [0.3, 0.4) is 0 Å². The molecule has 0 unspecified atom stereocenters. The van der Waals surface area contributed by atoms with Crippen molar-refractivity contribution in [1.29, 1.82) is 0 Å². The number of halogens is 4. The molecule has 0 saturated heterocycles. The monoisotopic (exact) mass is 332 g/mol. The molecule has 0 aliphatic heterocycles. The van der Waals surface area contributed by atoms with E-state index in [-0.39, 0.29) is 11.8 Å². The Balaban J connectivity index is 2.41. The topological polar surface area (TPSA) is 49.8 Å². The summed E-state index contributed by atoms with van der Waals surface area (Å²) in [4.78, 5) is 7.88. The quantitative estimate of drug-likeness (QED) is 0.903. The Kier molecular flexibility index (Phi) is 3.89. The van der Waals surface area contributed by atoms with Crippen LogP contribution < -0.4 is 10.6 Å². The predicted octanol–water partition coefficient (Wildman–Crippen LogP) is 3.44. The van der Waals surface area contributed by atoms with Crippen LogP contribution in [0.25, 0.3) is 0 Å². The van der Waals surface area contributed by atoms with Gasteiger partial charge in [-0.3, -0.25) is 0 Å². The molecule has 100 valence electrons. The zero-order chi connectivity index (χ0) is 14.0. The molecule has 0 aliphatic rings. The van der Waals surface area contributed by atoms with Gasteiger partial charge >= 0.3 is 0 Å². The van der Waals surface area contributed by atoms with Crippen LogP contribution in [0.1, 0.15) is 0 Å². The van der Waals surface area contributed by atoms with Gasteiger partial charge in [-0.25, -0.2) is 18.2 Å². The van der Waals surface area contributed by atoms with Gasteiger partial charge in [-0.05, 0) is 15.9 Å². The maximum absolute atomic E-state index is 13.5. The Hall–Kier alpha value is -1.83. The van der Waals surface area contributed by atoms with E-state index >= 15 is 0 Å². The van der Waals surface area contributed by atoms with Gasteiger partial charge in [0, 0.05) is 25.4 Å². The number of aromatic nitrogens is 2. The molecule has 4 nitrogen and oxygen atoms in total. The highest BCUT2D eigenvalue weighted by Crippen LogP contribution is 2.28. The largest absolute Gasteiger partial charge is 0.357 e. The zero-order valence-electron chi connectivity index (χ0n) is 9.64. The second kappa shape index (κ2) is 5.43. The van der Waals surface area contributed by atoms with Crippen molar-refractivity contribution in [3.63, 3.8) is 0 Å². The third-order valence-corrected chi connectivity index (χ3v) is 2.80. The lowest BCUT2D eigenvalue weighted by molar-refractivity contribution is 0.548. The van der Waals surface area contributed by atoms with Gasteiger partial charge in [-0.1, -0.05) is 0 Å². The molecular weight excluding hydrogens is 325 g/mol. The van der Waals surface area contributed by atoms with Crippen molar-refractivity contribution in [2.75, 3.05) is 17.7 Å². The third-order valence-electron chi connectivity index (χ3n) is 2.22. The first-order valence-electron chi connectivity index (χ1n) is 5.13. The summed E-state index contributed by atoms with van der Waals surface area (Å²) in [5.41, 5.74) is -0.483. The molecule has 0 atom stereocenters. The molecule has 1 heterocycles. The summed E-state index contributed by atoms with van der Waals surface area (Å²) in [6, 6.07) is 1.17. The van der Waals surface area contributed by atoms with Crippen LogP contribution in [0.2, 0.25) is 0 Å². The molecule has 0 bridgehead atoms. The fourth-order valence-corrected chi connectivity index (χ4v) is 1.65. The number of anilines is 3. The summed E-state index contributed by atoms with van der Waals surface area (Å²) in [6.45, 7) is 0. The molecule has 0 amide bonds. The van der Waals surface area contributed by atoms with Crippen molar-refractivity contribution >= 4 is 33.4 Å². The average Bonchev–Trinajstić information content (AvgIpc) is 2.35. The molecule has 2 N–H and O–H groups in total. The lowest BCUT2D eigenvalue weighted by atomic mass is 10.2. The highest BCUT2D eigenvalue weighted by molar-refractivity contribution is 9.10. The first-order valence-corrected chi connectivity index (χ1v) is 5.92. The standard InChI is InChI=1S/C11H8BrF3N4/c1-16-11-17-4-6(12)10(19-11)18-9-7(14)2-5(13)3-8(9)15/h2-4H,1H3,(H2,16,17,18,19). The number of benzene rings is 1. The molecule has 0 saturated carbocycles. The fraction of sp³-hybridized carbons (Fsp3) is 0.0909. The Morgan fingerprint density at radius 1 is 1.16 bits per heavy atom. The van der Waals surface area contributed by atoms with Crippen molar-refractivity contribution in [1.82, 2.24) is 9.97 Å². The van der Waals surface area contributed by atoms with Gasteiger partial charge in [0.15, 0.2) is 17.5 Å². The van der Waals surface area contributed by atoms with Crippen molar-refractivity contribution in [3.8, 4) is 0 Å². The van der Waals surface area contributed by atoms with Crippen LogP contribution in [0, 0.1) is 17.5 Å². The minimum absolute atomic E-state index is 0.156. The van der Waals surface area contributed by atoms with E-state index in [0.717, 1.165) is 0 Å². The minimum atomic E-state index is -1.05. The van der Waals surface area contributed by atoms with Crippen LogP contribution in [0.5, 0.6) is 0 Å². The Bertz CT molecular complexity index is 598. The second-order valence-electron chi connectivity index (χ2n) is 3.51. The van der Waals surface area contributed by atoms with E-state index in [1.54, 1.807) is 7.05 Å². The van der Waals surface area contributed by atoms with Crippen LogP contribution in [0.4, 0.5) is 30.6 Å². The number of nitrogens with one attached hydrogen (secondary N) is 2. The summed E-state index contributed by atoms with van der Waals surface area (Å²) < 4.78 is 40.2. The summed E-state index contributed by atoms with van der Waals surface area (Å²) in [5.74, 6) is -2.65. The lowest BCUT2D eigenvalue weighted by Crippen LogP contribution is -2.04. The van der Waals surface area contributed by atoms with E-state index < -0.39 is 23.1 Å². The molecular formula is C11H8BrF3N4. The molecule has 19 heavy (non-hydrogen) atoms. The molecule has 2 rings (SSSR count). The van der Waals surface area contributed by atoms with Crippen LogP contribution in [0.15, 0.2) is 22.8 Å². The first kappa shape index (κ1) is 13.6. The van der Waals surface area contributed by atoms with Crippen LogP contribution in [-0.2, 0) is 0 Å². The van der Waals surface area contributed by atoms with Gasteiger partial charge in [0.05, 0.1) is 4.47 Å². The van der Waals surface area contributed by atoms with Crippen molar-refractivity contribution < 1.29 is 13.2 Å². The molecule has 0 spiro atoms. The van der Waals surface area contributed by atoms with Crippen molar-refractivity contribution in [2.24, 2.45) is 0 Å². The summed E-state index contributed by atoms with van der Waals surface area (Å²) in [6.07, 6.45) is 1.42. The lowest BCUT2D eigenvalue weighted by Gasteiger charge is -2.10. The first-order chi connectivity index (χ1) is 9.01. The smallest absolute Gasteiger partial charge is 0.224 e. The van der Waals surface area contributed by atoms with E-state index in [2.05, 4.69) is 36.5 Å². The van der Waals surface area contributed by atoms with Crippen LogP contribution in [-0.4, -0.2) is 17.0 Å². The van der Waals surface area contributed by atoms with Gasteiger partial charge in [0.25, 0.3) is 0 Å². The van der Waals surface area contributed by atoms with E-state index in [9.17, 15) is 13.2 Å². The maximum Gasteiger partial charge on any atom is 0.224 e. The van der Waals surface area contributed by atoms with E-state index in [1.165, 1.54) is 6.20 Å². The van der Waals surface area contributed by atoms with Gasteiger partial charge in [0.2, 0.25) is 5.95 Å². The van der Waals surface area contributed by atoms with Crippen molar-refractivity contribution in [2.45, 2.75) is 0 Å². The zero-order valence-corrected chi connectivity index (χ0v) is 11.2. The number of hydrogen-bond acceptors (Lipinski definition) is 4. The summed E-state index contributed by atoms with van der Waals surface area (Å²) in [7, 11) is 1.60. The molecule has 2 aromatic rings. The summed E-state index contributed by atoms with van der Waals surface area (Å²) >= 11 is 3.15. The average molecular weight is 333 g/mol. The summed E-state index contributed by atoms with van der Waals surface area (Å²) in [5, 5.41) is 5.14. The highest BCUT2D eigenvalue weighted by Gasteiger charge is 2.14. The van der Waals surface area contributed by atoms with Gasteiger partial charge in [-0.2, -0.15) is 4.98 Å². The Morgan fingerprint density at radius 2 is 1.79 bits per heavy atom. The van der Waals surface area contributed by atoms with E-state index in [4.69, 9.17) is 0 Å². The molecule has 0 aliphatic carbocycles. The molecule has 0 radical (unpaired) electrons. The molecule has 0 fully saturated rings. The molecule has 1 aromatic heterocycles. The van der Waals surface area contributed by atoms with Crippen LogP contribution >= 0.6 is 15.9 Å². The fourth-order valence-electron chi connectivity index (χ4n) is 1.36. The minimum Gasteiger partial charge on any atom is -0.357 e. The van der Waals surface area contributed by atoms with Gasteiger partial charge in [0.1, 0.15) is 11.5 Å². The predicted molar refractivity (Wildman–Crippen MR) is 68.9 cm³/mol. The number of hydrogen-bond donors (Lipinski definition) is 2. The Labute approximate surface area is 115 Å². The SMILES string of the molecule is CNc1ncc(Br)c(Nc2c(F)cc(F)cc2F)n1. The van der Waals surface area contributed by atoms with E-state index in [0.29, 0.717) is 16.6 Å². The third kappa shape index (κ3) is 2.95. The number of nitrogens with zero attached hydrogens (tertiary/aromatic N) is 2. The normalized spacial score (nSPS) is 10.4. The van der Waals surface area contributed by atoms with Crippen molar-refractivity contribution in [3.05, 3.63) is 40.3 Å². The van der Waals surface area contributed by atoms with E-state index in [1.807, 2.05) is 0 Å². The Morgan fingerprint density at radius 3 is 2.37 bits per heavy atom. The maximum atomic E-state index is 13.5. The van der Waals surface area contributed by atoms with Gasteiger partial charge in [-0.15, -0.1) is 0 Å². The number of rotatable bonds is 3.